The summed E-state index contributed by atoms with van der Waals surface area (Å²) in [5, 5.41) is 2.05. The van der Waals surface area contributed by atoms with Gasteiger partial charge in [0.25, 0.3) is 0 Å². The van der Waals surface area contributed by atoms with Gasteiger partial charge in [-0.05, 0) is 36.4 Å². The van der Waals surface area contributed by atoms with Gasteiger partial charge in [0.2, 0.25) is 0 Å². The maximum atomic E-state index is 11.5. The number of carbonyl (C=O) groups excluding carboxylic acids is 1. The van der Waals surface area contributed by atoms with Crippen molar-refractivity contribution in [2.45, 2.75) is 19.3 Å². The highest BCUT2D eigenvalue weighted by Gasteiger charge is 2.03. The molecule has 1 heterocycles. The summed E-state index contributed by atoms with van der Waals surface area (Å²) < 4.78 is 10.6. The highest BCUT2D eigenvalue weighted by molar-refractivity contribution is 7.09. The lowest BCUT2D eigenvalue weighted by Crippen LogP contribution is -2.12. The van der Waals surface area contributed by atoms with Crippen molar-refractivity contribution in [2.75, 3.05) is 13.2 Å². The molecule has 0 aliphatic rings. The standard InChI is InChI=1S/C16H18O3S/c17-16(10-4-8-15-9-5-13-20-15)19-12-11-18-14-6-2-1-3-7-14/h1-3,5-7,9,13H,4,8,10-12H2. The van der Waals surface area contributed by atoms with E-state index in [0.717, 1.165) is 18.6 Å². The first kappa shape index (κ1) is 14.6. The molecule has 1 aromatic heterocycles. The van der Waals surface area contributed by atoms with E-state index in [-0.39, 0.29) is 5.97 Å². The molecule has 0 aliphatic heterocycles. The van der Waals surface area contributed by atoms with Crippen LogP contribution in [0.2, 0.25) is 0 Å². The van der Waals surface area contributed by atoms with E-state index >= 15 is 0 Å². The normalized spacial score (nSPS) is 10.2. The molecule has 20 heavy (non-hydrogen) atoms. The van der Waals surface area contributed by atoms with E-state index in [1.165, 1.54) is 4.88 Å². The molecule has 0 atom stereocenters. The molecule has 0 N–H and O–H groups in total. The molecule has 0 aliphatic carbocycles. The van der Waals surface area contributed by atoms with Gasteiger partial charge in [0.15, 0.2) is 0 Å². The van der Waals surface area contributed by atoms with E-state index in [1.807, 2.05) is 36.4 Å². The third-order valence-corrected chi connectivity index (χ3v) is 3.68. The van der Waals surface area contributed by atoms with Crippen molar-refractivity contribution < 1.29 is 14.3 Å². The van der Waals surface area contributed by atoms with Crippen LogP contribution in [0, 0.1) is 0 Å². The number of aryl methyl sites for hydroxylation is 1. The minimum Gasteiger partial charge on any atom is -0.490 e. The summed E-state index contributed by atoms with van der Waals surface area (Å²) in [6.45, 7) is 0.688. The second kappa shape index (κ2) is 8.38. The molecule has 4 heteroatoms. The summed E-state index contributed by atoms with van der Waals surface area (Å²) in [6.07, 6.45) is 2.23. The fourth-order valence-corrected chi connectivity index (χ4v) is 2.52. The molecule has 0 unspecified atom stereocenters. The van der Waals surface area contributed by atoms with Crippen molar-refractivity contribution in [3.63, 3.8) is 0 Å². The largest absolute Gasteiger partial charge is 0.490 e. The van der Waals surface area contributed by atoms with Gasteiger partial charge in [0.05, 0.1) is 0 Å². The Morgan fingerprint density at radius 2 is 1.90 bits per heavy atom. The van der Waals surface area contributed by atoms with Crippen LogP contribution in [-0.2, 0) is 16.0 Å². The Hall–Kier alpha value is -1.81. The lowest BCUT2D eigenvalue weighted by Gasteiger charge is -2.07. The monoisotopic (exact) mass is 290 g/mol. The molecule has 0 radical (unpaired) electrons. The lowest BCUT2D eigenvalue weighted by molar-refractivity contribution is -0.144. The van der Waals surface area contributed by atoms with E-state index in [9.17, 15) is 4.79 Å². The Labute approximate surface area is 123 Å². The van der Waals surface area contributed by atoms with E-state index in [2.05, 4.69) is 11.4 Å². The zero-order chi connectivity index (χ0) is 14.0. The van der Waals surface area contributed by atoms with E-state index in [1.54, 1.807) is 11.3 Å². The van der Waals surface area contributed by atoms with Crippen LogP contribution in [0.3, 0.4) is 0 Å². The average molecular weight is 290 g/mol. The van der Waals surface area contributed by atoms with Crippen molar-refractivity contribution in [1.29, 1.82) is 0 Å². The van der Waals surface area contributed by atoms with Crippen LogP contribution in [0.4, 0.5) is 0 Å². The maximum Gasteiger partial charge on any atom is 0.305 e. The molecule has 2 aromatic rings. The van der Waals surface area contributed by atoms with Gasteiger partial charge in [-0.25, -0.2) is 0 Å². The Balaban J connectivity index is 1.52. The zero-order valence-corrected chi connectivity index (χ0v) is 12.1. The SMILES string of the molecule is O=C(CCCc1cccs1)OCCOc1ccccc1. The Morgan fingerprint density at radius 3 is 2.65 bits per heavy atom. The third kappa shape index (κ3) is 5.45. The predicted octanol–water partition coefficient (Wildman–Crippen LogP) is 3.69. The molecule has 0 bridgehead atoms. The molecule has 3 nitrogen and oxygen atoms in total. The lowest BCUT2D eigenvalue weighted by atomic mass is 10.2. The summed E-state index contributed by atoms with van der Waals surface area (Å²) in [5.41, 5.74) is 0. The molecule has 0 saturated heterocycles. The molecule has 1 aromatic carbocycles. The zero-order valence-electron chi connectivity index (χ0n) is 11.3. The molecule has 0 spiro atoms. The first-order valence-electron chi connectivity index (χ1n) is 6.70. The first-order valence-corrected chi connectivity index (χ1v) is 7.58. The van der Waals surface area contributed by atoms with E-state index < -0.39 is 0 Å². The first-order chi connectivity index (χ1) is 9.84. The van der Waals surface area contributed by atoms with Crippen LogP contribution in [0.5, 0.6) is 5.75 Å². The van der Waals surface area contributed by atoms with Crippen LogP contribution in [0.1, 0.15) is 17.7 Å². The number of thiophene rings is 1. The van der Waals surface area contributed by atoms with Crippen LogP contribution in [0.25, 0.3) is 0 Å². The van der Waals surface area contributed by atoms with Gasteiger partial charge in [0.1, 0.15) is 19.0 Å². The average Bonchev–Trinajstić information content (AvgIpc) is 2.98. The fraction of sp³-hybridized carbons (Fsp3) is 0.312. The number of hydrogen-bond donors (Lipinski definition) is 0. The highest BCUT2D eigenvalue weighted by Crippen LogP contribution is 2.12. The van der Waals surface area contributed by atoms with Gasteiger partial charge < -0.3 is 9.47 Å². The second-order valence-electron chi connectivity index (χ2n) is 4.31. The van der Waals surface area contributed by atoms with Crippen molar-refractivity contribution >= 4 is 17.3 Å². The fourth-order valence-electron chi connectivity index (χ4n) is 1.77. The van der Waals surface area contributed by atoms with E-state index in [4.69, 9.17) is 9.47 Å². The molecule has 0 amide bonds. The molecule has 0 saturated carbocycles. The number of carbonyl (C=O) groups is 1. The summed E-state index contributed by atoms with van der Waals surface area (Å²) in [4.78, 5) is 12.8. The summed E-state index contributed by atoms with van der Waals surface area (Å²) in [6, 6.07) is 13.6. The quantitative estimate of drug-likeness (QED) is 0.549. The number of para-hydroxylation sites is 1. The molecule has 106 valence electrons. The molecule has 2 rings (SSSR count). The molecular formula is C16H18O3S. The predicted molar refractivity (Wildman–Crippen MR) is 80.2 cm³/mol. The Kier molecular flexibility index (Phi) is 6.11. The topological polar surface area (TPSA) is 35.5 Å². The van der Waals surface area contributed by atoms with Crippen molar-refractivity contribution in [2.24, 2.45) is 0 Å². The number of hydrogen-bond acceptors (Lipinski definition) is 4. The number of benzene rings is 1. The Morgan fingerprint density at radius 1 is 1.05 bits per heavy atom. The van der Waals surface area contributed by atoms with Gasteiger partial charge in [-0.15, -0.1) is 11.3 Å². The smallest absolute Gasteiger partial charge is 0.305 e. The maximum absolute atomic E-state index is 11.5. The number of rotatable bonds is 8. The van der Waals surface area contributed by atoms with Gasteiger partial charge in [0, 0.05) is 11.3 Å². The van der Waals surface area contributed by atoms with Crippen molar-refractivity contribution in [1.82, 2.24) is 0 Å². The van der Waals surface area contributed by atoms with Gasteiger partial charge >= 0.3 is 5.97 Å². The van der Waals surface area contributed by atoms with Crippen LogP contribution < -0.4 is 4.74 Å². The van der Waals surface area contributed by atoms with E-state index in [0.29, 0.717) is 19.6 Å². The van der Waals surface area contributed by atoms with Gasteiger partial charge in [-0.2, -0.15) is 0 Å². The number of ether oxygens (including phenoxy) is 2. The highest BCUT2D eigenvalue weighted by atomic mass is 32.1. The molecule has 0 fully saturated rings. The summed E-state index contributed by atoms with van der Waals surface area (Å²) in [7, 11) is 0. The van der Waals surface area contributed by atoms with Crippen LogP contribution in [0.15, 0.2) is 47.8 Å². The van der Waals surface area contributed by atoms with Crippen molar-refractivity contribution in [3.8, 4) is 5.75 Å². The van der Waals surface area contributed by atoms with Gasteiger partial charge in [-0.1, -0.05) is 24.3 Å². The van der Waals surface area contributed by atoms with Crippen molar-refractivity contribution in [3.05, 3.63) is 52.7 Å². The van der Waals surface area contributed by atoms with Gasteiger partial charge in [-0.3, -0.25) is 4.79 Å². The second-order valence-corrected chi connectivity index (χ2v) is 5.35. The third-order valence-electron chi connectivity index (χ3n) is 2.74. The number of esters is 1. The molecular weight excluding hydrogens is 272 g/mol. The minimum atomic E-state index is -0.154. The van der Waals surface area contributed by atoms with Crippen LogP contribution >= 0.6 is 11.3 Å². The van der Waals surface area contributed by atoms with Crippen LogP contribution in [-0.4, -0.2) is 19.2 Å². The summed E-state index contributed by atoms with van der Waals surface area (Å²) >= 11 is 1.72. The summed E-state index contributed by atoms with van der Waals surface area (Å²) in [5.74, 6) is 0.638. The Bertz CT molecular complexity index is 494. The minimum absolute atomic E-state index is 0.154.